The number of hydrogen-bond donors (Lipinski definition) is 0. The molecule has 3 nitrogen and oxygen atoms in total. The Morgan fingerprint density at radius 2 is 2.00 bits per heavy atom. The highest BCUT2D eigenvalue weighted by Crippen LogP contribution is 2.31. The highest BCUT2D eigenvalue weighted by molar-refractivity contribution is 6.40. The van der Waals surface area contributed by atoms with Crippen LogP contribution in [-0.4, -0.2) is 17.1 Å². The first-order valence-corrected chi connectivity index (χ1v) is 5.54. The molecule has 0 aliphatic heterocycles. The average molecular weight is 245 g/mol. The minimum atomic E-state index is 0.686. The Morgan fingerprint density at radius 1 is 1.12 bits per heavy atom. The van der Waals surface area contributed by atoms with Crippen molar-refractivity contribution in [2.75, 3.05) is 7.11 Å². The lowest BCUT2D eigenvalue weighted by atomic mass is 10.1. The number of methoxy groups -OCH3 is 1. The first-order valence-electron chi connectivity index (χ1n) is 5.16. The molecule has 2 aromatic heterocycles. The number of hydrogen-bond acceptors (Lipinski definition) is 3. The molecule has 0 fully saturated rings. The number of rotatable bonds is 1. The molecule has 17 heavy (non-hydrogen) atoms. The van der Waals surface area contributed by atoms with Gasteiger partial charge in [0.1, 0.15) is 5.75 Å². The molecule has 0 saturated heterocycles. The smallest absolute Gasteiger partial charge is 0.119 e. The molecule has 0 radical (unpaired) electrons. The van der Waals surface area contributed by atoms with Gasteiger partial charge in [0.05, 0.1) is 29.4 Å². The minimum Gasteiger partial charge on any atom is -0.497 e. The van der Waals surface area contributed by atoms with Crippen molar-refractivity contribution in [1.82, 2.24) is 9.97 Å². The van der Waals surface area contributed by atoms with Crippen LogP contribution >= 0.6 is 11.6 Å². The third-order valence-electron chi connectivity index (χ3n) is 2.72. The van der Waals surface area contributed by atoms with Crippen molar-refractivity contribution >= 4 is 33.4 Å². The fourth-order valence-corrected chi connectivity index (χ4v) is 2.16. The lowest BCUT2D eigenvalue weighted by Crippen LogP contribution is -1.88. The highest BCUT2D eigenvalue weighted by atomic mass is 35.5. The van der Waals surface area contributed by atoms with Crippen molar-refractivity contribution in [3.05, 3.63) is 41.7 Å². The maximum Gasteiger partial charge on any atom is 0.119 e. The zero-order valence-electron chi connectivity index (χ0n) is 9.14. The van der Waals surface area contributed by atoms with E-state index in [2.05, 4.69) is 9.97 Å². The number of nitrogens with zero attached hydrogens (tertiary/aromatic N) is 2. The van der Waals surface area contributed by atoms with Gasteiger partial charge in [-0.25, -0.2) is 4.98 Å². The topological polar surface area (TPSA) is 35.0 Å². The molecule has 84 valence electrons. The molecule has 0 spiro atoms. The Labute approximate surface area is 103 Å². The van der Waals surface area contributed by atoms with Crippen LogP contribution in [0.3, 0.4) is 0 Å². The molecule has 0 unspecified atom stereocenters. The first-order chi connectivity index (χ1) is 8.29. The van der Waals surface area contributed by atoms with E-state index in [1.807, 2.05) is 24.3 Å². The van der Waals surface area contributed by atoms with E-state index in [1.54, 1.807) is 19.5 Å². The predicted molar refractivity (Wildman–Crippen MR) is 68.6 cm³/mol. The number of benzene rings is 1. The molecule has 3 aromatic rings. The van der Waals surface area contributed by atoms with Gasteiger partial charge in [-0.3, -0.25) is 4.98 Å². The summed E-state index contributed by atoms with van der Waals surface area (Å²) in [4.78, 5) is 8.56. The highest BCUT2D eigenvalue weighted by Gasteiger charge is 2.07. The second-order valence-corrected chi connectivity index (χ2v) is 4.08. The molecular formula is C13H9ClN2O. The van der Waals surface area contributed by atoms with E-state index >= 15 is 0 Å². The van der Waals surface area contributed by atoms with Gasteiger partial charge in [-0.05, 0) is 24.3 Å². The lowest BCUT2D eigenvalue weighted by molar-refractivity contribution is 0.415. The molecule has 4 heteroatoms. The Hall–Kier alpha value is -1.87. The summed E-state index contributed by atoms with van der Waals surface area (Å²) in [5.74, 6) is 0.773. The standard InChI is InChI=1S/C13H9ClN2O/c1-17-8-2-3-11-10(6-8)13(14)9-4-5-15-7-12(9)16-11/h2-7H,1H3. The number of halogens is 1. The van der Waals surface area contributed by atoms with E-state index in [-0.39, 0.29) is 0 Å². The fourth-order valence-electron chi connectivity index (χ4n) is 1.85. The Kier molecular flexibility index (Phi) is 2.34. The van der Waals surface area contributed by atoms with Gasteiger partial charge in [0.15, 0.2) is 0 Å². The molecule has 1 aromatic carbocycles. The summed E-state index contributed by atoms with van der Waals surface area (Å²) in [5, 5.41) is 2.48. The zero-order valence-corrected chi connectivity index (χ0v) is 9.90. The second kappa shape index (κ2) is 3.86. The summed E-state index contributed by atoms with van der Waals surface area (Å²) in [6.07, 6.45) is 3.42. The molecular weight excluding hydrogens is 236 g/mol. The summed E-state index contributed by atoms with van der Waals surface area (Å²) in [7, 11) is 1.63. The quantitative estimate of drug-likeness (QED) is 0.615. The van der Waals surface area contributed by atoms with Gasteiger partial charge in [0.25, 0.3) is 0 Å². The van der Waals surface area contributed by atoms with Crippen molar-refractivity contribution in [2.24, 2.45) is 0 Å². The molecule has 0 bridgehead atoms. The van der Waals surface area contributed by atoms with Gasteiger partial charge >= 0.3 is 0 Å². The molecule has 0 aliphatic rings. The molecule has 0 N–H and O–H groups in total. The van der Waals surface area contributed by atoms with Crippen LogP contribution in [0.15, 0.2) is 36.7 Å². The largest absolute Gasteiger partial charge is 0.497 e. The van der Waals surface area contributed by atoms with Crippen LogP contribution in [0, 0.1) is 0 Å². The number of fused-ring (bicyclic) bond motifs is 2. The average Bonchev–Trinajstić information content (AvgIpc) is 2.39. The van der Waals surface area contributed by atoms with Gasteiger partial charge in [-0.1, -0.05) is 11.6 Å². The maximum absolute atomic E-state index is 6.38. The monoisotopic (exact) mass is 244 g/mol. The molecule has 0 saturated carbocycles. The Morgan fingerprint density at radius 3 is 2.82 bits per heavy atom. The molecule has 0 atom stereocenters. The fraction of sp³-hybridized carbons (Fsp3) is 0.0769. The van der Waals surface area contributed by atoms with Crippen LogP contribution in [0.5, 0.6) is 5.75 Å². The Bertz CT molecular complexity index is 712. The van der Waals surface area contributed by atoms with Crippen molar-refractivity contribution < 1.29 is 4.74 Å². The summed E-state index contributed by atoms with van der Waals surface area (Å²) < 4.78 is 5.19. The van der Waals surface area contributed by atoms with Gasteiger partial charge in [-0.2, -0.15) is 0 Å². The van der Waals surface area contributed by atoms with E-state index in [0.717, 1.165) is 27.6 Å². The van der Waals surface area contributed by atoms with E-state index in [4.69, 9.17) is 16.3 Å². The molecule has 2 heterocycles. The number of aromatic nitrogens is 2. The van der Waals surface area contributed by atoms with Crippen LogP contribution in [0.4, 0.5) is 0 Å². The normalized spacial score (nSPS) is 10.9. The zero-order chi connectivity index (χ0) is 11.8. The van der Waals surface area contributed by atoms with Gasteiger partial charge < -0.3 is 4.74 Å². The molecule has 0 aliphatic carbocycles. The number of ether oxygens (including phenoxy) is 1. The summed E-state index contributed by atoms with van der Waals surface area (Å²) in [5.41, 5.74) is 1.64. The van der Waals surface area contributed by atoms with E-state index in [9.17, 15) is 0 Å². The predicted octanol–water partition coefficient (Wildman–Crippen LogP) is 3.45. The third kappa shape index (κ3) is 1.59. The van der Waals surface area contributed by atoms with Crippen LogP contribution in [0.25, 0.3) is 21.8 Å². The van der Waals surface area contributed by atoms with Gasteiger partial charge in [-0.15, -0.1) is 0 Å². The summed E-state index contributed by atoms with van der Waals surface area (Å²) in [6, 6.07) is 7.52. The lowest BCUT2D eigenvalue weighted by Gasteiger charge is -2.06. The minimum absolute atomic E-state index is 0.686. The SMILES string of the molecule is COc1ccc2nc3cnccc3c(Cl)c2c1. The summed E-state index contributed by atoms with van der Waals surface area (Å²) in [6.45, 7) is 0. The van der Waals surface area contributed by atoms with Crippen LogP contribution in [0.1, 0.15) is 0 Å². The van der Waals surface area contributed by atoms with Crippen LogP contribution < -0.4 is 4.74 Å². The number of pyridine rings is 2. The van der Waals surface area contributed by atoms with Crippen molar-refractivity contribution in [3.8, 4) is 5.75 Å². The molecule has 0 amide bonds. The van der Waals surface area contributed by atoms with Crippen molar-refractivity contribution in [3.63, 3.8) is 0 Å². The first kappa shape index (κ1) is 10.3. The van der Waals surface area contributed by atoms with Crippen LogP contribution in [0.2, 0.25) is 5.02 Å². The van der Waals surface area contributed by atoms with E-state index < -0.39 is 0 Å². The molecule has 3 rings (SSSR count). The van der Waals surface area contributed by atoms with Crippen molar-refractivity contribution in [1.29, 1.82) is 0 Å². The summed E-state index contributed by atoms with van der Waals surface area (Å²) >= 11 is 6.38. The Balaban J connectivity index is 2.46. The third-order valence-corrected chi connectivity index (χ3v) is 3.12. The van der Waals surface area contributed by atoms with Gasteiger partial charge in [0, 0.05) is 17.0 Å². The van der Waals surface area contributed by atoms with Gasteiger partial charge in [0.2, 0.25) is 0 Å². The van der Waals surface area contributed by atoms with E-state index in [1.165, 1.54) is 0 Å². The maximum atomic E-state index is 6.38. The van der Waals surface area contributed by atoms with E-state index in [0.29, 0.717) is 5.02 Å². The van der Waals surface area contributed by atoms with Crippen molar-refractivity contribution in [2.45, 2.75) is 0 Å². The second-order valence-electron chi connectivity index (χ2n) is 3.70. The van der Waals surface area contributed by atoms with Crippen LogP contribution in [-0.2, 0) is 0 Å².